The predicted octanol–water partition coefficient (Wildman–Crippen LogP) is 1.59. The van der Waals surface area contributed by atoms with Gasteiger partial charge in [-0.1, -0.05) is 12.1 Å². The van der Waals surface area contributed by atoms with Gasteiger partial charge in [-0.05, 0) is 30.3 Å². The number of aliphatic hydroxyl groups excluding tert-OH is 1. The van der Waals surface area contributed by atoms with Crippen molar-refractivity contribution in [2.45, 2.75) is 6.54 Å². The SMILES string of the molecule is O=c1c2ccc(N3CCN(c4nc5ccccc5[nH]4)CC3)cc2ncn1CCO. The first-order valence-corrected chi connectivity index (χ1v) is 9.77. The van der Waals surface area contributed by atoms with Crippen molar-refractivity contribution >= 4 is 33.6 Å². The Labute approximate surface area is 167 Å². The number of aliphatic hydroxyl groups is 1. The number of nitrogens with one attached hydrogen (secondary N) is 1. The molecule has 1 aliphatic rings. The molecule has 148 valence electrons. The van der Waals surface area contributed by atoms with Crippen LogP contribution >= 0.6 is 0 Å². The van der Waals surface area contributed by atoms with Gasteiger partial charge in [0.15, 0.2) is 0 Å². The first-order chi connectivity index (χ1) is 14.2. The van der Waals surface area contributed by atoms with Crippen molar-refractivity contribution in [3.05, 3.63) is 59.1 Å². The van der Waals surface area contributed by atoms with Crippen LogP contribution in [-0.2, 0) is 6.54 Å². The summed E-state index contributed by atoms with van der Waals surface area (Å²) in [6.45, 7) is 3.63. The summed E-state index contributed by atoms with van der Waals surface area (Å²) < 4.78 is 1.44. The normalized spacial score (nSPS) is 14.8. The number of nitrogens with zero attached hydrogens (tertiary/aromatic N) is 5. The van der Waals surface area contributed by atoms with Gasteiger partial charge in [0.25, 0.3) is 5.56 Å². The van der Waals surface area contributed by atoms with Crippen LogP contribution in [0, 0.1) is 0 Å². The fraction of sp³-hybridized carbons (Fsp3) is 0.286. The third-order valence-corrected chi connectivity index (χ3v) is 5.47. The lowest BCUT2D eigenvalue weighted by Crippen LogP contribution is -2.47. The largest absolute Gasteiger partial charge is 0.395 e. The van der Waals surface area contributed by atoms with Crippen molar-refractivity contribution in [1.29, 1.82) is 0 Å². The molecule has 1 fully saturated rings. The molecule has 5 rings (SSSR count). The third kappa shape index (κ3) is 3.21. The number of rotatable bonds is 4. The molecule has 0 amide bonds. The highest BCUT2D eigenvalue weighted by Gasteiger charge is 2.20. The van der Waals surface area contributed by atoms with E-state index in [9.17, 15) is 4.79 Å². The van der Waals surface area contributed by atoms with Crippen molar-refractivity contribution in [2.24, 2.45) is 0 Å². The Bertz CT molecular complexity index is 1190. The van der Waals surface area contributed by atoms with E-state index in [1.54, 1.807) is 0 Å². The minimum atomic E-state index is -0.120. The van der Waals surface area contributed by atoms with Crippen molar-refractivity contribution in [2.75, 3.05) is 42.6 Å². The maximum Gasteiger partial charge on any atom is 0.261 e. The van der Waals surface area contributed by atoms with E-state index in [2.05, 4.69) is 19.8 Å². The fourth-order valence-corrected chi connectivity index (χ4v) is 3.88. The number of hydrogen-bond donors (Lipinski definition) is 2. The molecule has 0 unspecified atom stereocenters. The number of piperazine rings is 1. The Hall–Kier alpha value is -3.39. The fourth-order valence-electron chi connectivity index (χ4n) is 3.88. The number of anilines is 2. The minimum Gasteiger partial charge on any atom is -0.395 e. The molecule has 29 heavy (non-hydrogen) atoms. The molecular formula is C21H22N6O2. The first kappa shape index (κ1) is 17.7. The smallest absolute Gasteiger partial charge is 0.261 e. The summed E-state index contributed by atoms with van der Waals surface area (Å²) in [6, 6.07) is 13.8. The molecule has 0 saturated carbocycles. The summed E-state index contributed by atoms with van der Waals surface area (Å²) >= 11 is 0. The van der Waals surface area contributed by atoms with Gasteiger partial charge in [0.2, 0.25) is 5.95 Å². The van der Waals surface area contributed by atoms with E-state index in [0.717, 1.165) is 48.8 Å². The highest BCUT2D eigenvalue weighted by atomic mass is 16.3. The molecule has 4 aromatic rings. The van der Waals surface area contributed by atoms with Crippen LogP contribution in [0.15, 0.2) is 53.6 Å². The Kier molecular flexibility index (Phi) is 4.40. The lowest BCUT2D eigenvalue weighted by molar-refractivity contribution is 0.274. The monoisotopic (exact) mass is 390 g/mol. The summed E-state index contributed by atoms with van der Waals surface area (Å²) in [5, 5.41) is 9.65. The Morgan fingerprint density at radius 2 is 1.79 bits per heavy atom. The molecule has 0 aliphatic carbocycles. The average Bonchev–Trinajstić information content (AvgIpc) is 3.20. The van der Waals surface area contributed by atoms with Gasteiger partial charge >= 0.3 is 0 Å². The number of H-pyrrole nitrogens is 1. The number of aromatic amines is 1. The average molecular weight is 390 g/mol. The lowest BCUT2D eigenvalue weighted by atomic mass is 10.2. The summed E-state index contributed by atoms with van der Waals surface area (Å²) in [5.74, 6) is 0.912. The van der Waals surface area contributed by atoms with E-state index in [-0.39, 0.29) is 18.7 Å². The topological polar surface area (TPSA) is 90.3 Å². The highest BCUT2D eigenvalue weighted by Crippen LogP contribution is 2.23. The highest BCUT2D eigenvalue weighted by molar-refractivity contribution is 5.81. The van der Waals surface area contributed by atoms with Crippen LogP contribution in [0.3, 0.4) is 0 Å². The van der Waals surface area contributed by atoms with Crippen LogP contribution in [0.5, 0.6) is 0 Å². The van der Waals surface area contributed by atoms with E-state index in [1.165, 1.54) is 10.9 Å². The van der Waals surface area contributed by atoms with Crippen LogP contribution in [0.2, 0.25) is 0 Å². The van der Waals surface area contributed by atoms with Gasteiger partial charge in [0.05, 0.1) is 41.4 Å². The second kappa shape index (κ2) is 7.21. The van der Waals surface area contributed by atoms with Gasteiger partial charge in [0.1, 0.15) is 0 Å². The maximum absolute atomic E-state index is 12.5. The Balaban J connectivity index is 1.34. The molecule has 0 bridgehead atoms. The Morgan fingerprint density at radius 3 is 2.59 bits per heavy atom. The number of aromatic nitrogens is 4. The van der Waals surface area contributed by atoms with E-state index < -0.39 is 0 Å². The number of imidazole rings is 1. The van der Waals surface area contributed by atoms with E-state index in [4.69, 9.17) is 10.1 Å². The van der Waals surface area contributed by atoms with E-state index >= 15 is 0 Å². The molecule has 0 radical (unpaired) electrons. The number of para-hydroxylation sites is 2. The molecule has 2 aromatic carbocycles. The molecule has 8 heteroatoms. The molecule has 0 spiro atoms. The molecule has 1 saturated heterocycles. The van der Waals surface area contributed by atoms with Gasteiger partial charge in [-0.2, -0.15) is 0 Å². The summed E-state index contributed by atoms with van der Waals surface area (Å²) in [5.41, 5.74) is 3.66. The number of fused-ring (bicyclic) bond motifs is 2. The standard InChI is InChI=1S/C21H22N6O2/c28-12-11-27-14-22-19-13-15(5-6-16(19)20(27)29)25-7-9-26(10-8-25)21-23-17-3-1-2-4-18(17)24-21/h1-6,13-14,28H,7-12H2,(H,23,24). The quantitative estimate of drug-likeness (QED) is 0.550. The third-order valence-electron chi connectivity index (χ3n) is 5.47. The summed E-state index contributed by atoms with van der Waals surface area (Å²) in [7, 11) is 0. The zero-order valence-corrected chi connectivity index (χ0v) is 16.0. The van der Waals surface area contributed by atoms with Crippen LogP contribution < -0.4 is 15.4 Å². The molecule has 2 aromatic heterocycles. The van der Waals surface area contributed by atoms with E-state index in [0.29, 0.717) is 10.9 Å². The molecular weight excluding hydrogens is 368 g/mol. The van der Waals surface area contributed by atoms with Crippen LogP contribution in [0.25, 0.3) is 21.9 Å². The first-order valence-electron chi connectivity index (χ1n) is 9.77. The van der Waals surface area contributed by atoms with Crippen LogP contribution in [0.4, 0.5) is 11.6 Å². The zero-order valence-electron chi connectivity index (χ0n) is 16.0. The lowest BCUT2D eigenvalue weighted by Gasteiger charge is -2.36. The summed E-state index contributed by atoms with van der Waals surface area (Å²) in [4.78, 5) is 29.5. The molecule has 0 atom stereocenters. The van der Waals surface area contributed by atoms with E-state index in [1.807, 2.05) is 42.5 Å². The van der Waals surface area contributed by atoms with Gasteiger partial charge in [-0.3, -0.25) is 9.36 Å². The number of benzene rings is 2. The van der Waals surface area contributed by atoms with Gasteiger partial charge in [-0.25, -0.2) is 9.97 Å². The second-order valence-corrected chi connectivity index (χ2v) is 7.22. The van der Waals surface area contributed by atoms with Gasteiger partial charge in [-0.15, -0.1) is 0 Å². The van der Waals surface area contributed by atoms with Crippen molar-refractivity contribution in [3.8, 4) is 0 Å². The Morgan fingerprint density at radius 1 is 1.00 bits per heavy atom. The number of hydrogen-bond acceptors (Lipinski definition) is 6. The maximum atomic E-state index is 12.5. The predicted molar refractivity (Wildman–Crippen MR) is 114 cm³/mol. The minimum absolute atomic E-state index is 0.0827. The van der Waals surface area contributed by atoms with Gasteiger partial charge < -0.3 is 19.9 Å². The van der Waals surface area contributed by atoms with Crippen molar-refractivity contribution in [3.63, 3.8) is 0 Å². The summed E-state index contributed by atoms with van der Waals surface area (Å²) in [6.07, 6.45) is 1.50. The van der Waals surface area contributed by atoms with Crippen LogP contribution in [-0.4, -0.2) is 57.4 Å². The van der Waals surface area contributed by atoms with Crippen molar-refractivity contribution < 1.29 is 5.11 Å². The van der Waals surface area contributed by atoms with Crippen molar-refractivity contribution in [1.82, 2.24) is 19.5 Å². The molecule has 2 N–H and O–H groups in total. The second-order valence-electron chi connectivity index (χ2n) is 7.22. The molecule has 8 nitrogen and oxygen atoms in total. The zero-order chi connectivity index (χ0) is 19.8. The van der Waals surface area contributed by atoms with Gasteiger partial charge in [0, 0.05) is 31.9 Å². The van der Waals surface area contributed by atoms with Crippen LogP contribution in [0.1, 0.15) is 0 Å². The molecule has 3 heterocycles. The molecule has 1 aliphatic heterocycles.